The van der Waals surface area contributed by atoms with Crippen LogP contribution in [0.1, 0.15) is 61.4 Å². The Labute approximate surface area is 156 Å². The summed E-state index contributed by atoms with van der Waals surface area (Å²) >= 11 is 0. The van der Waals surface area contributed by atoms with E-state index in [2.05, 4.69) is 17.5 Å². The number of amides is 1. The van der Waals surface area contributed by atoms with Crippen molar-refractivity contribution in [2.75, 3.05) is 6.61 Å². The van der Waals surface area contributed by atoms with Gasteiger partial charge in [-0.3, -0.25) is 4.79 Å². The van der Waals surface area contributed by atoms with Crippen LogP contribution in [0.4, 0.5) is 0 Å². The number of hydrogen-bond donors (Lipinski definition) is 1. The molecule has 1 amide bonds. The second-order valence-electron chi connectivity index (χ2n) is 6.22. The number of nitrogens with one attached hydrogen (secondary N) is 1. The molecule has 4 nitrogen and oxygen atoms in total. The summed E-state index contributed by atoms with van der Waals surface area (Å²) in [6, 6.07) is 16.7. The molecule has 2 rings (SSSR count). The molecule has 2 aromatic carbocycles. The van der Waals surface area contributed by atoms with Crippen molar-refractivity contribution in [2.45, 2.75) is 45.4 Å². The average Bonchev–Trinajstić information content (AvgIpc) is 2.69. The predicted octanol–water partition coefficient (Wildman–Crippen LogP) is 5.19. The molecule has 0 aromatic heterocycles. The molecule has 0 fully saturated rings. The molecular formula is C22H28N2O2. The van der Waals surface area contributed by atoms with Crippen molar-refractivity contribution in [1.82, 2.24) is 5.43 Å². The first kappa shape index (κ1) is 19.7. The van der Waals surface area contributed by atoms with Gasteiger partial charge in [-0.2, -0.15) is 5.10 Å². The maximum absolute atomic E-state index is 12.0. The molecule has 4 heteroatoms. The normalized spacial score (nSPS) is 10.8. The first-order chi connectivity index (χ1) is 12.8. The zero-order valence-corrected chi connectivity index (χ0v) is 15.5. The summed E-state index contributed by atoms with van der Waals surface area (Å²) in [7, 11) is 0. The van der Waals surface area contributed by atoms with Gasteiger partial charge in [0, 0.05) is 11.1 Å². The molecule has 0 radical (unpaired) electrons. The fourth-order valence-electron chi connectivity index (χ4n) is 2.60. The lowest BCUT2D eigenvalue weighted by molar-refractivity contribution is 0.0955. The van der Waals surface area contributed by atoms with E-state index in [1.807, 2.05) is 42.5 Å². The average molecular weight is 352 g/mol. The smallest absolute Gasteiger partial charge is 0.271 e. The van der Waals surface area contributed by atoms with Gasteiger partial charge in [0.15, 0.2) is 0 Å². The van der Waals surface area contributed by atoms with E-state index < -0.39 is 0 Å². The number of nitrogens with zero attached hydrogens (tertiary/aromatic N) is 1. The highest BCUT2D eigenvalue weighted by atomic mass is 16.5. The third-order valence-corrected chi connectivity index (χ3v) is 4.08. The zero-order chi connectivity index (χ0) is 18.5. The first-order valence-electron chi connectivity index (χ1n) is 9.41. The Morgan fingerprint density at radius 1 is 0.962 bits per heavy atom. The van der Waals surface area contributed by atoms with Crippen LogP contribution in [0.3, 0.4) is 0 Å². The number of benzene rings is 2. The van der Waals surface area contributed by atoms with Gasteiger partial charge in [-0.15, -0.1) is 0 Å². The summed E-state index contributed by atoms with van der Waals surface area (Å²) in [4.78, 5) is 12.0. The largest absolute Gasteiger partial charge is 0.493 e. The van der Waals surface area contributed by atoms with Gasteiger partial charge in [0.05, 0.1) is 12.8 Å². The molecule has 138 valence electrons. The van der Waals surface area contributed by atoms with E-state index in [9.17, 15) is 4.79 Å². The van der Waals surface area contributed by atoms with Gasteiger partial charge in [0.2, 0.25) is 0 Å². The highest BCUT2D eigenvalue weighted by molar-refractivity contribution is 5.95. The molecule has 0 saturated carbocycles. The summed E-state index contributed by atoms with van der Waals surface area (Å²) in [5, 5.41) is 4.05. The number of hydrogen-bond acceptors (Lipinski definition) is 3. The van der Waals surface area contributed by atoms with Crippen LogP contribution < -0.4 is 10.2 Å². The van der Waals surface area contributed by atoms with E-state index in [1.165, 1.54) is 32.1 Å². The van der Waals surface area contributed by atoms with E-state index in [4.69, 9.17) is 4.74 Å². The molecule has 0 bridgehead atoms. The van der Waals surface area contributed by atoms with Crippen LogP contribution >= 0.6 is 0 Å². The lowest BCUT2D eigenvalue weighted by atomic mass is 10.1. The van der Waals surface area contributed by atoms with Crippen molar-refractivity contribution in [3.05, 3.63) is 65.7 Å². The van der Waals surface area contributed by atoms with Crippen LogP contribution in [0.15, 0.2) is 59.7 Å². The van der Waals surface area contributed by atoms with Crippen molar-refractivity contribution < 1.29 is 9.53 Å². The van der Waals surface area contributed by atoms with Crippen LogP contribution in [-0.2, 0) is 0 Å². The molecule has 0 aliphatic heterocycles. The number of unbranched alkanes of at least 4 members (excludes halogenated alkanes) is 5. The number of para-hydroxylation sites is 1. The van der Waals surface area contributed by atoms with E-state index >= 15 is 0 Å². The third-order valence-electron chi connectivity index (χ3n) is 4.08. The van der Waals surface area contributed by atoms with Crippen molar-refractivity contribution in [2.24, 2.45) is 5.10 Å². The van der Waals surface area contributed by atoms with Gasteiger partial charge >= 0.3 is 0 Å². The molecule has 0 atom stereocenters. The fourth-order valence-corrected chi connectivity index (χ4v) is 2.60. The number of hydrazone groups is 1. The zero-order valence-electron chi connectivity index (χ0n) is 15.5. The minimum atomic E-state index is -0.229. The van der Waals surface area contributed by atoms with Gasteiger partial charge in [-0.1, -0.05) is 69.4 Å². The Morgan fingerprint density at radius 2 is 1.65 bits per heavy atom. The van der Waals surface area contributed by atoms with E-state index in [-0.39, 0.29) is 5.91 Å². The van der Waals surface area contributed by atoms with Crippen molar-refractivity contribution >= 4 is 12.1 Å². The molecule has 0 unspecified atom stereocenters. The van der Waals surface area contributed by atoms with E-state index in [0.29, 0.717) is 12.2 Å². The second-order valence-corrected chi connectivity index (χ2v) is 6.22. The van der Waals surface area contributed by atoms with Gasteiger partial charge < -0.3 is 4.74 Å². The van der Waals surface area contributed by atoms with Crippen LogP contribution in [0, 0.1) is 0 Å². The highest BCUT2D eigenvalue weighted by Crippen LogP contribution is 2.16. The van der Waals surface area contributed by atoms with Crippen LogP contribution in [0.5, 0.6) is 5.75 Å². The monoisotopic (exact) mass is 352 g/mol. The molecular weight excluding hydrogens is 324 g/mol. The molecule has 0 saturated heterocycles. The maximum Gasteiger partial charge on any atom is 0.271 e. The van der Waals surface area contributed by atoms with E-state index in [1.54, 1.807) is 18.3 Å². The Balaban J connectivity index is 1.79. The highest BCUT2D eigenvalue weighted by Gasteiger charge is 2.03. The molecule has 0 aliphatic rings. The number of carbonyl (C=O) groups is 1. The third kappa shape index (κ3) is 7.09. The molecule has 26 heavy (non-hydrogen) atoms. The van der Waals surface area contributed by atoms with Gasteiger partial charge in [-0.05, 0) is 30.7 Å². The Kier molecular flexibility index (Phi) is 8.98. The first-order valence-corrected chi connectivity index (χ1v) is 9.41. The van der Waals surface area contributed by atoms with Gasteiger partial charge in [0.25, 0.3) is 5.91 Å². The minimum absolute atomic E-state index is 0.229. The van der Waals surface area contributed by atoms with Crippen molar-refractivity contribution in [1.29, 1.82) is 0 Å². The van der Waals surface area contributed by atoms with Crippen molar-refractivity contribution in [3.63, 3.8) is 0 Å². The van der Waals surface area contributed by atoms with Crippen molar-refractivity contribution in [3.8, 4) is 5.75 Å². The summed E-state index contributed by atoms with van der Waals surface area (Å²) in [6.07, 6.45) is 9.03. The molecule has 0 heterocycles. The quantitative estimate of drug-likeness (QED) is 0.344. The lowest BCUT2D eigenvalue weighted by Crippen LogP contribution is -2.17. The summed E-state index contributed by atoms with van der Waals surface area (Å²) in [6.45, 7) is 2.93. The Hall–Kier alpha value is -2.62. The van der Waals surface area contributed by atoms with E-state index in [0.717, 1.165) is 17.7 Å². The topological polar surface area (TPSA) is 50.7 Å². The standard InChI is InChI=1S/C22H28N2O2/c1-2-3-4-5-6-12-17-26-21-16-11-10-15-20(21)18-23-24-22(25)19-13-8-7-9-14-19/h7-11,13-16,18H,2-6,12,17H2,1H3,(H,24,25). The molecule has 2 aromatic rings. The number of rotatable bonds is 11. The summed E-state index contributed by atoms with van der Waals surface area (Å²) in [5.41, 5.74) is 3.98. The fraction of sp³-hybridized carbons (Fsp3) is 0.364. The second kappa shape index (κ2) is 11.9. The molecule has 0 aliphatic carbocycles. The minimum Gasteiger partial charge on any atom is -0.493 e. The Morgan fingerprint density at radius 3 is 2.46 bits per heavy atom. The maximum atomic E-state index is 12.0. The van der Waals surface area contributed by atoms with Crippen LogP contribution in [0.2, 0.25) is 0 Å². The summed E-state index contributed by atoms with van der Waals surface area (Å²) in [5.74, 6) is 0.561. The summed E-state index contributed by atoms with van der Waals surface area (Å²) < 4.78 is 5.88. The number of ether oxygens (including phenoxy) is 1. The van der Waals surface area contributed by atoms with Crippen LogP contribution in [0.25, 0.3) is 0 Å². The van der Waals surface area contributed by atoms with Gasteiger partial charge in [-0.25, -0.2) is 5.43 Å². The number of carbonyl (C=O) groups excluding carboxylic acids is 1. The lowest BCUT2D eigenvalue weighted by Gasteiger charge is -2.09. The van der Waals surface area contributed by atoms with Gasteiger partial charge in [0.1, 0.15) is 5.75 Å². The Bertz CT molecular complexity index is 684. The SMILES string of the molecule is CCCCCCCCOc1ccccc1C=NNC(=O)c1ccccc1. The predicted molar refractivity (Wildman–Crippen MR) is 107 cm³/mol. The van der Waals surface area contributed by atoms with Crippen LogP contribution in [-0.4, -0.2) is 18.7 Å². The molecule has 1 N–H and O–H groups in total. The molecule has 0 spiro atoms.